The van der Waals surface area contributed by atoms with Crippen molar-refractivity contribution >= 4 is 23.0 Å². The molecule has 3 atom stereocenters. The van der Waals surface area contributed by atoms with Crippen molar-refractivity contribution in [2.45, 2.75) is 37.1 Å². The van der Waals surface area contributed by atoms with Crippen molar-refractivity contribution in [3.05, 3.63) is 18.6 Å². The second-order valence-electron chi connectivity index (χ2n) is 9.18. The van der Waals surface area contributed by atoms with Gasteiger partial charge in [-0.3, -0.25) is 0 Å². The van der Waals surface area contributed by atoms with E-state index in [1.54, 1.807) is 6.07 Å². The third kappa shape index (κ3) is 4.24. The van der Waals surface area contributed by atoms with Gasteiger partial charge in [0.25, 0.3) is 0 Å². The van der Waals surface area contributed by atoms with Gasteiger partial charge in [0, 0.05) is 6.20 Å². The summed E-state index contributed by atoms with van der Waals surface area (Å²) in [7, 11) is 2.87. The van der Waals surface area contributed by atoms with Crippen molar-refractivity contribution in [2.75, 3.05) is 45.3 Å². The number of hydrogen-bond donors (Lipinski definition) is 0. The number of furan rings is 1. The molecule has 3 aromatic rings. The quantitative estimate of drug-likeness (QED) is 0.495. The number of morpholine rings is 1. The summed E-state index contributed by atoms with van der Waals surface area (Å²) in [5.41, 5.74) is 0.607. The van der Waals surface area contributed by atoms with E-state index in [0.29, 0.717) is 29.8 Å². The molecule has 6 heterocycles. The molecule has 0 radical (unpaired) electrons. The Labute approximate surface area is 209 Å². The van der Waals surface area contributed by atoms with Crippen LogP contribution in [0.5, 0.6) is 11.9 Å². The summed E-state index contributed by atoms with van der Waals surface area (Å²) in [6, 6.07) is 1.72. The highest BCUT2D eigenvalue weighted by Crippen LogP contribution is 2.39. The second kappa shape index (κ2) is 8.94. The van der Waals surface area contributed by atoms with Crippen molar-refractivity contribution in [1.29, 1.82) is 0 Å². The van der Waals surface area contributed by atoms with Crippen LogP contribution in [0.2, 0.25) is 0 Å². The van der Waals surface area contributed by atoms with Gasteiger partial charge in [0.2, 0.25) is 11.6 Å². The van der Waals surface area contributed by atoms with Gasteiger partial charge in [-0.2, -0.15) is 4.98 Å². The predicted octanol–water partition coefficient (Wildman–Crippen LogP) is 2.52. The topological polar surface area (TPSA) is 125 Å². The molecular formula is C23H24F2N6O6. The third-order valence-electron chi connectivity index (χ3n) is 6.78. The molecule has 0 N–H and O–H groups in total. The van der Waals surface area contributed by atoms with Crippen LogP contribution in [-0.4, -0.2) is 95.6 Å². The number of rotatable bonds is 5. The van der Waals surface area contributed by atoms with Crippen LogP contribution in [0.3, 0.4) is 0 Å². The monoisotopic (exact) mass is 518 g/mol. The van der Waals surface area contributed by atoms with Crippen molar-refractivity contribution in [3.63, 3.8) is 0 Å². The van der Waals surface area contributed by atoms with Crippen LogP contribution in [0.25, 0.3) is 22.4 Å². The van der Waals surface area contributed by atoms with E-state index in [1.807, 2.05) is 0 Å². The van der Waals surface area contributed by atoms with Crippen molar-refractivity contribution in [1.82, 2.24) is 24.8 Å². The Balaban J connectivity index is 1.24. The highest BCUT2D eigenvalue weighted by molar-refractivity contribution is 5.90. The maximum absolute atomic E-state index is 15.0. The van der Waals surface area contributed by atoms with Crippen LogP contribution >= 0.6 is 0 Å². The summed E-state index contributed by atoms with van der Waals surface area (Å²) in [4.78, 5) is 32.1. The molecule has 0 saturated carbocycles. The average Bonchev–Trinajstić information content (AvgIpc) is 3.57. The Hall–Kier alpha value is -3.81. The van der Waals surface area contributed by atoms with Gasteiger partial charge in [0.15, 0.2) is 6.10 Å². The fourth-order valence-corrected chi connectivity index (χ4v) is 5.00. The normalized spacial score (nSPS) is 24.5. The van der Waals surface area contributed by atoms with Crippen LogP contribution in [0.15, 0.2) is 23.0 Å². The van der Waals surface area contributed by atoms with E-state index in [2.05, 4.69) is 19.9 Å². The maximum Gasteiger partial charge on any atom is 0.410 e. The Morgan fingerprint density at radius 2 is 1.89 bits per heavy atom. The van der Waals surface area contributed by atoms with E-state index in [1.165, 1.54) is 36.5 Å². The largest absolute Gasteiger partial charge is 0.480 e. The molecule has 2 bridgehead atoms. The van der Waals surface area contributed by atoms with Gasteiger partial charge in [-0.15, -0.1) is 0 Å². The van der Waals surface area contributed by atoms with Gasteiger partial charge in [-0.1, -0.05) is 0 Å². The summed E-state index contributed by atoms with van der Waals surface area (Å²) in [6.45, 7) is -0.223. The zero-order chi connectivity index (χ0) is 25.7. The average molecular weight is 518 g/mol. The molecule has 0 spiro atoms. The van der Waals surface area contributed by atoms with E-state index >= 15 is 8.78 Å². The molecule has 37 heavy (non-hydrogen) atoms. The number of alkyl halides is 2. The third-order valence-corrected chi connectivity index (χ3v) is 6.78. The molecule has 6 rings (SSSR count). The standard InChI is InChI=1S/C23H24F2N6O6/c1-33-20-15(6-26-21(29-20)34-2)16-5-14-18(27-11-28-19(14)36-16)31-9-17(23(24,25)10-31)37-22(32)30-7-12-3-4-13(8-30)35-12/h5-6,11-13,17H,3-4,7-10H2,1-2H3. The maximum atomic E-state index is 15.0. The zero-order valence-electron chi connectivity index (χ0n) is 20.1. The Kier molecular flexibility index (Phi) is 5.70. The minimum absolute atomic E-state index is 0.0637. The van der Waals surface area contributed by atoms with Gasteiger partial charge in [0.05, 0.1) is 63.6 Å². The first-order valence-corrected chi connectivity index (χ1v) is 11.8. The summed E-state index contributed by atoms with van der Waals surface area (Å²) in [6.07, 6.45) is 1.89. The lowest BCUT2D eigenvalue weighted by Gasteiger charge is -2.32. The molecule has 12 nitrogen and oxygen atoms in total. The Morgan fingerprint density at radius 1 is 1.11 bits per heavy atom. The summed E-state index contributed by atoms with van der Waals surface area (Å²) < 4.78 is 57.2. The number of ether oxygens (including phenoxy) is 4. The number of nitrogens with zero attached hydrogens (tertiary/aromatic N) is 6. The minimum atomic E-state index is -3.28. The Bertz CT molecular complexity index is 1330. The molecule has 0 aromatic carbocycles. The van der Waals surface area contributed by atoms with Gasteiger partial charge >= 0.3 is 18.0 Å². The number of anilines is 1. The molecule has 3 saturated heterocycles. The lowest BCUT2D eigenvalue weighted by atomic mass is 10.2. The number of methoxy groups -OCH3 is 2. The fraction of sp³-hybridized carbons (Fsp3) is 0.522. The molecule has 3 aliphatic rings. The number of amides is 1. The SMILES string of the molecule is COc1ncc(-c2cc3c(N4CC(OC(=O)N5CC6CCC(C5)O6)C(F)(F)C4)ncnc3o2)c(OC)n1. The van der Waals surface area contributed by atoms with E-state index < -0.39 is 24.7 Å². The summed E-state index contributed by atoms with van der Waals surface area (Å²) >= 11 is 0. The smallest absolute Gasteiger partial charge is 0.410 e. The zero-order valence-corrected chi connectivity index (χ0v) is 20.1. The molecule has 3 aromatic heterocycles. The van der Waals surface area contributed by atoms with Crippen LogP contribution < -0.4 is 14.4 Å². The van der Waals surface area contributed by atoms with Crippen LogP contribution in [0.1, 0.15) is 12.8 Å². The number of hydrogen-bond acceptors (Lipinski definition) is 11. The predicted molar refractivity (Wildman–Crippen MR) is 123 cm³/mol. The number of halogens is 2. The lowest BCUT2D eigenvalue weighted by molar-refractivity contribution is -0.0930. The lowest BCUT2D eigenvalue weighted by Crippen LogP contribution is -2.48. The number of carbonyl (C=O) groups is 1. The first-order valence-electron chi connectivity index (χ1n) is 11.8. The van der Waals surface area contributed by atoms with E-state index in [0.717, 1.165) is 12.8 Å². The van der Waals surface area contributed by atoms with Crippen molar-refractivity contribution in [2.24, 2.45) is 0 Å². The van der Waals surface area contributed by atoms with Crippen LogP contribution in [0.4, 0.5) is 19.4 Å². The first-order chi connectivity index (χ1) is 17.8. The minimum Gasteiger partial charge on any atom is -0.480 e. The van der Waals surface area contributed by atoms with Crippen molar-refractivity contribution in [3.8, 4) is 23.2 Å². The molecule has 3 unspecified atom stereocenters. The number of fused-ring (bicyclic) bond motifs is 3. The molecule has 0 aliphatic carbocycles. The second-order valence-corrected chi connectivity index (χ2v) is 9.18. The van der Waals surface area contributed by atoms with E-state index in [-0.39, 0.29) is 42.2 Å². The summed E-state index contributed by atoms with van der Waals surface area (Å²) in [5, 5.41) is 0.405. The van der Waals surface area contributed by atoms with Gasteiger partial charge in [-0.25, -0.2) is 28.5 Å². The number of likely N-dealkylation sites (tertiary alicyclic amines) is 1. The van der Waals surface area contributed by atoms with Gasteiger partial charge in [-0.05, 0) is 18.9 Å². The van der Waals surface area contributed by atoms with Crippen LogP contribution in [-0.2, 0) is 9.47 Å². The highest BCUT2D eigenvalue weighted by Gasteiger charge is 2.52. The fourth-order valence-electron chi connectivity index (χ4n) is 5.00. The summed E-state index contributed by atoms with van der Waals surface area (Å²) in [5.74, 6) is -2.53. The molecular weight excluding hydrogens is 494 g/mol. The number of carbonyl (C=O) groups excluding carboxylic acids is 1. The van der Waals surface area contributed by atoms with Gasteiger partial charge in [0.1, 0.15) is 17.9 Å². The molecule has 196 valence electrons. The van der Waals surface area contributed by atoms with Crippen LogP contribution in [0, 0.1) is 0 Å². The molecule has 1 amide bonds. The molecule has 14 heteroatoms. The van der Waals surface area contributed by atoms with Gasteiger partial charge < -0.3 is 33.2 Å². The van der Waals surface area contributed by atoms with E-state index in [4.69, 9.17) is 23.4 Å². The van der Waals surface area contributed by atoms with Crippen molar-refractivity contribution < 1.29 is 36.9 Å². The first kappa shape index (κ1) is 23.6. The molecule has 3 aliphatic heterocycles. The molecule has 3 fully saturated rings. The highest BCUT2D eigenvalue weighted by atomic mass is 19.3. The Morgan fingerprint density at radius 3 is 2.62 bits per heavy atom. The number of aromatic nitrogens is 4. The van der Waals surface area contributed by atoms with E-state index in [9.17, 15) is 4.79 Å².